The summed E-state index contributed by atoms with van der Waals surface area (Å²) in [5.74, 6) is 1.41. The number of para-hydroxylation sites is 1. The Morgan fingerprint density at radius 3 is 2.53 bits per heavy atom. The average molecular weight is 667 g/mol. The van der Waals surface area contributed by atoms with Crippen molar-refractivity contribution in [2.75, 3.05) is 20.0 Å². The number of aromatic nitrogens is 3. The van der Waals surface area contributed by atoms with Crippen LogP contribution in [0.2, 0.25) is 0 Å². The van der Waals surface area contributed by atoms with Gasteiger partial charge in [0.15, 0.2) is 11.0 Å². The molecule has 1 aliphatic rings. The van der Waals surface area contributed by atoms with Gasteiger partial charge in [0.1, 0.15) is 11.5 Å². The third-order valence-corrected chi connectivity index (χ3v) is 9.69. The molecular formula is C35H34N6O4S2. The lowest BCUT2D eigenvalue weighted by atomic mass is 10.0. The maximum absolute atomic E-state index is 13.9. The lowest BCUT2D eigenvalue weighted by Gasteiger charge is -2.22. The molecule has 3 aromatic carbocycles. The first kappa shape index (κ1) is 32.0. The maximum Gasteiger partial charge on any atom is 0.255 e. The summed E-state index contributed by atoms with van der Waals surface area (Å²) in [5.41, 5.74) is 5.22. The van der Waals surface area contributed by atoms with Crippen LogP contribution in [0.1, 0.15) is 50.2 Å². The number of ether oxygens (including phenoxy) is 2. The van der Waals surface area contributed by atoms with E-state index in [9.17, 15) is 9.59 Å². The lowest BCUT2D eigenvalue weighted by molar-refractivity contribution is -0.130. The molecule has 0 saturated carbocycles. The normalized spacial score (nSPS) is 14.2. The van der Waals surface area contributed by atoms with Crippen LogP contribution in [-0.4, -0.2) is 57.3 Å². The summed E-state index contributed by atoms with van der Waals surface area (Å²) in [4.78, 5) is 28.0. The monoisotopic (exact) mass is 666 g/mol. The van der Waals surface area contributed by atoms with E-state index in [4.69, 9.17) is 14.6 Å². The first-order valence-electron chi connectivity index (χ1n) is 15.0. The van der Waals surface area contributed by atoms with Crippen molar-refractivity contribution in [3.63, 3.8) is 0 Å². The van der Waals surface area contributed by atoms with Crippen LogP contribution in [0.5, 0.6) is 11.5 Å². The topological polar surface area (TPSA) is 111 Å². The largest absolute Gasteiger partial charge is 0.497 e. The molecule has 5 aromatic rings. The van der Waals surface area contributed by atoms with Gasteiger partial charge in [0.2, 0.25) is 0 Å². The van der Waals surface area contributed by atoms with E-state index in [1.807, 2.05) is 84.5 Å². The van der Waals surface area contributed by atoms with Crippen LogP contribution in [0.25, 0.3) is 5.69 Å². The van der Waals surface area contributed by atoms with E-state index in [0.29, 0.717) is 28.7 Å². The SMILES string of the molecule is COc1ccc([C@@H]2CC(c3cccs3)=NN2C(=O)CSc2nnc(CNC(=O)c3ccccc3OC)n2-c2cc(C)ccc2C)cc1. The molecular weight excluding hydrogens is 633 g/mol. The molecule has 2 amide bonds. The van der Waals surface area contributed by atoms with E-state index in [1.165, 1.54) is 18.9 Å². The number of thioether (sulfide) groups is 1. The van der Waals surface area contributed by atoms with Crippen molar-refractivity contribution in [3.8, 4) is 17.2 Å². The number of nitrogens with zero attached hydrogens (tertiary/aromatic N) is 5. The van der Waals surface area contributed by atoms with Crippen LogP contribution in [0.4, 0.5) is 0 Å². The number of hydrogen-bond acceptors (Lipinski definition) is 9. The summed E-state index contributed by atoms with van der Waals surface area (Å²) in [6, 6.07) is 24.7. The Morgan fingerprint density at radius 2 is 1.79 bits per heavy atom. The number of carbonyl (C=O) groups excluding carboxylic acids is 2. The summed E-state index contributed by atoms with van der Waals surface area (Å²) in [6.07, 6.45) is 0.609. The van der Waals surface area contributed by atoms with Crippen LogP contribution < -0.4 is 14.8 Å². The minimum Gasteiger partial charge on any atom is -0.497 e. The Labute approximate surface area is 281 Å². The van der Waals surface area contributed by atoms with E-state index < -0.39 is 0 Å². The van der Waals surface area contributed by atoms with Crippen LogP contribution >= 0.6 is 23.1 Å². The zero-order valence-electron chi connectivity index (χ0n) is 26.5. The van der Waals surface area contributed by atoms with Gasteiger partial charge >= 0.3 is 0 Å². The number of thiophene rings is 1. The van der Waals surface area contributed by atoms with Crippen molar-refractivity contribution in [1.29, 1.82) is 0 Å². The third kappa shape index (κ3) is 6.93. The van der Waals surface area contributed by atoms with E-state index in [1.54, 1.807) is 41.7 Å². The molecule has 47 heavy (non-hydrogen) atoms. The van der Waals surface area contributed by atoms with Crippen LogP contribution in [0.3, 0.4) is 0 Å². The predicted molar refractivity (Wildman–Crippen MR) is 184 cm³/mol. The summed E-state index contributed by atoms with van der Waals surface area (Å²) in [7, 11) is 3.16. The van der Waals surface area contributed by atoms with Gasteiger partial charge in [-0.05, 0) is 72.3 Å². The number of amides is 2. The summed E-state index contributed by atoms with van der Waals surface area (Å²) in [6.45, 7) is 4.14. The molecule has 10 nitrogen and oxygen atoms in total. The molecule has 1 N–H and O–H groups in total. The zero-order chi connectivity index (χ0) is 32.9. The highest BCUT2D eigenvalue weighted by atomic mass is 32.2. The summed E-state index contributed by atoms with van der Waals surface area (Å²) < 4.78 is 12.6. The zero-order valence-corrected chi connectivity index (χ0v) is 28.1. The van der Waals surface area contributed by atoms with Gasteiger partial charge in [-0.2, -0.15) is 5.10 Å². The van der Waals surface area contributed by atoms with Gasteiger partial charge < -0.3 is 14.8 Å². The quantitative estimate of drug-likeness (QED) is 0.163. The first-order chi connectivity index (χ1) is 22.9. The van der Waals surface area contributed by atoms with Gasteiger partial charge in [0.05, 0.1) is 54.4 Å². The molecule has 12 heteroatoms. The number of hydrogen-bond donors (Lipinski definition) is 1. The number of aryl methyl sites for hydroxylation is 2. The van der Waals surface area contributed by atoms with Crippen molar-refractivity contribution >= 4 is 40.6 Å². The molecule has 0 spiro atoms. The Kier molecular flexibility index (Phi) is 9.69. The van der Waals surface area contributed by atoms with Crippen LogP contribution in [0, 0.1) is 13.8 Å². The molecule has 0 bridgehead atoms. The van der Waals surface area contributed by atoms with Crippen molar-refractivity contribution in [3.05, 3.63) is 117 Å². The standard InChI is InChI=1S/C35H34N6O4S2/c1-22-11-12-23(2)28(18-22)40-32(20-36-34(43)26-8-5-6-9-30(26)45-4)37-38-35(40)47-21-33(42)41-29(24-13-15-25(44-3)16-14-24)19-27(39-41)31-10-7-17-46-31/h5-18,29H,19-21H2,1-4H3,(H,36,43)/t29-/m0/s1. The lowest BCUT2D eigenvalue weighted by Crippen LogP contribution is -2.28. The Hall–Kier alpha value is -4.94. The van der Waals surface area contributed by atoms with Crippen molar-refractivity contribution in [1.82, 2.24) is 25.1 Å². The minimum absolute atomic E-state index is 0.0877. The van der Waals surface area contributed by atoms with Crippen molar-refractivity contribution in [2.45, 2.75) is 38.0 Å². The highest BCUT2D eigenvalue weighted by Gasteiger charge is 2.34. The number of carbonyl (C=O) groups is 2. The third-order valence-electron chi connectivity index (χ3n) is 7.86. The highest BCUT2D eigenvalue weighted by molar-refractivity contribution is 7.99. The van der Waals surface area contributed by atoms with Gasteiger partial charge in [-0.25, -0.2) is 5.01 Å². The van der Waals surface area contributed by atoms with Crippen molar-refractivity contribution in [2.24, 2.45) is 5.10 Å². The fourth-order valence-corrected chi connectivity index (χ4v) is 6.94. The number of hydrazone groups is 1. The van der Waals surface area contributed by atoms with Gasteiger partial charge in [0.25, 0.3) is 11.8 Å². The number of nitrogens with one attached hydrogen (secondary N) is 1. The predicted octanol–water partition coefficient (Wildman–Crippen LogP) is 6.36. The van der Waals surface area contributed by atoms with E-state index in [2.05, 4.69) is 15.5 Å². The number of methoxy groups -OCH3 is 2. The smallest absolute Gasteiger partial charge is 0.255 e. The Bertz CT molecular complexity index is 1920. The molecule has 0 aliphatic carbocycles. The second kappa shape index (κ2) is 14.2. The molecule has 240 valence electrons. The van der Waals surface area contributed by atoms with Gasteiger partial charge in [-0.15, -0.1) is 21.5 Å². The maximum atomic E-state index is 13.9. The first-order valence-corrected chi connectivity index (χ1v) is 16.9. The molecule has 0 radical (unpaired) electrons. The fourth-order valence-electron chi connectivity index (χ4n) is 5.41. The van der Waals surface area contributed by atoms with Crippen LogP contribution in [0.15, 0.2) is 94.5 Å². The Morgan fingerprint density at radius 1 is 0.979 bits per heavy atom. The summed E-state index contributed by atoms with van der Waals surface area (Å²) in [5, 5.41) is 20.8. The van der Waals surface area contributed by atoms with Crippen LogP contribution in [-0.2, 0) is 11.3 Å². The second-order valence-corrected chi connectivity index (χ2v) is 12.8. The molecule has 6 rings (SSSR count). The summed E-state index contributed by atoms with van der Waals surface area (Å²) >= 11 is 2.90. The molecule has 1 aliphatic heterocycles. The fraction of sp³-hybridized carbons (Fsp3) is 0.229. The highest BCUT2D eigenvalue weighted by Crippen LogP contribution is 2.35. The van der Waals surface area contributed by atoms with Gasteiger partial charge in [-0.1, -0.05) is 54.2 Å². The van der Waals surface area contributed by atoms with Gasteiger partial charge in [0, 0.05) is 6.42 Å². The van der Waals surface area contributed by atoms with E-state index in [0.717, 1.165) is 38.7 Å². The molecule has 2 aromatic heterocycles. The molecule has 0 unspecified atom stereocenters. The minimum atomic E-state index is -0.291. The Balaban J connectivity index is 1.26. The van der Waals surface area contributed by atoms with Gasteiger partial charge in [-0.3, -0.25) is 14.2 Å². The van der Waals surface area contributed by atoms with Crippen molar-refractivity contribution < 1.29 is 19.1 Å². The molecule has 0 saturated heterocycles. The molecule has 1 atom stereocenters. The van der Waals surface area contributed by atoms with E-state index >= 15 is 0 Å². The number of rotatable bonds is 11. The second-order valence-electron chi connectivity index (χ2n) is 11.0. The number of benzene rings is 3. The molecule has 0 fully saturated rings. The average Bonchev–Trinajstić information content (AvgIpc) is 3.88. The van der Waals surface area contributed by atoms with E-state index in [-0.39, 0.29) is 30.2 Å². The molecule has 3 heterocycles.